The van der Waals surface area contributed by atoms with E-state index in [2.05, 4.69) is 21.0 Å². The van der Waals surface area contributed by atoms with E-state index in [1.807, 2.05) is 58.9 Å². The number of aryl methyl sites for hydroxylation is 4. The number of nitrogens with zero attached hydrogens (tertiary/aromatic N) is 5. The van der Waals surface area contributed by atoms with E-state index in [-0.39, 0.29) is 29.7 Å². The zero-order valence-corrected chi connectivity index (χ0v) is 25.5. The lowest BCUT2D eigenvalue weighted by Gasteiger charge is -2.19. The minimum Gasteiger partial charge on any atom is -0.491 e. The van der Waals surface area contributed by atoms with Gasteiger partial charge in [-0.05, 0) is 66.7 Å². The standard InChI is InChI=1S/C32H31N5O4S/c1-17-8-9-26(40-11-10-37-20(4)36-25-15-34-19(3)23(14-33)27(25)30(37)38)21(12-17)22-13-18(2)35-28-24(16-42-29(22)28)31(39)41-32(5,6)7/h8-9,12-13,15-16H,10-11H2,1-7H3. The second-order valence-corrected chi connectivity index (χ2v) is 12.1. The molecule has 0 saturated carbocycles. The molecule has 10 heteroatoms. The van der Waals surface area contributed by atoms with Gasteiger partial charge in [-0.25, -0.2) is 9.78 Å². The van der Waals surface area contributed by atoms with E-state index in [0.717, 1.165) is 27.1 Å². The number of carbonyl (C=O) groups is 1. The van der Waals surface area contributed by atoms with Crippen LogP contribution in [0.15, 0.2) is 40.6 Å². The van der Waals surface area contributed by atoms with Crippen LogP contribution in [-0.4, -0.2) is 37.7 Å². The van der Waals surface area contributed by atoms with E-state index in [1.54, 1.807) is 19.2 Å². The first kappa shape index (κ1) is 28.9. The van der Waals surface area contributed by atoms with Crippen LogP contribution in [0, 0.1) is 39.0 Å². The van der Waals surface area contributed by atoms with Crippen molar-refractivity contribution in [2.45, 2.75) is 60.6 Å². The van der Waals surface area contributed by atoms with Crippen molar-refractivity contribution in [2.24, 2.45) is 0 Å². The Balaban J connectivity index is 1.50. The highest BCUT2D eigenvalue weighted by atomic mass is 32.1. The molecule has 0 atom stereocenters. The third-order valence-corrected chi connectivity index (χ3v) is 7.76. The van der Waals surface area contributed by atoms with Crippen molar-refractivity contribution in [3.63, 3.8) is 0 Å². The lowest BCUT2D eigenvalue weighted by Crippen LogP contribution is -2.27. The average molecular weight is 582 g/mol. The van der Waals surface area contributed by atoms with E-state index in [1.165, 1.54) is 22.1 Å². The number of hydrogen-bond acceptors (Lipinski definition) is 9. The van der Waals surface area contributed by atoms with Gasteiger partial charge in [0.05, 0.1) is 50.7 Å². The van der Waals surface area contributed by atoms with Gasteiger partial charge in [-0.15, -0.1) is 11.3 Å². The highest BCUT2D eigenvalue weighted by Crippen LogP contribution is 2.40. The molecule has 4 aromatic heterocycles. The number of carbonyl (C=O) groups excluding carboxylic acids is 1. The summed E-state index contributed by atoms with van der Waals surface area (Å²) in [5, 5.41) is 11.7. The fourth-order valence-electron chi connectivity index (χ4n) is 4.86. The molecule has 42 heavy (non-hydrogen) atoms. The van der Waals surface area contributed by atoms with Crippen molar-refractivity contribution in [2.75, 3.05) is 6.61 Å². The van der Waals surface area contributed by atoms with Gasteiger partial charge in [0.25, 0.3) is 5.56 Å². The number of ether oxygens (including phenoxy) is 2. The molecular formula is C32H31N5O4S. The number of hydrogen-bond donors (Lipinski definition) is 0. The number of benzene rings is 1. The normalized spacial score (nSPS) is 11.6. The molecule has 1 aromatic carbocycles. The van der Waals surface area contributed by atoms with Crippen molar-refractivity contribution in [1.29, 1.82) is 5.26 Å². The van der Waals surface area contributed by atoms with Crippen LogP contribution >= 0.6 is 11.3 Å². The summed E-state index contributed by atoms with van der Waals surface area (Å²) in [4.78, 5) is 39.8. The summed E-state index contributed by atoms with van der Waals surface area (Å²) < 4.78 is 14.3. The first-order chi connectivity index (χ1) is 19.9. The minimum absolute atomic E-state index is 0.191. The maximum absolute atomic E-state index is 13.4. The average Bonchev–Trinajstić information content (AvgIpc) is 3.34. The summed E-state index contributed by atoms with van der Waals surface area (Å²) >= 11 is 1.44. The Morgan fingerprint density at radius 2 is 1.86 bits per heavy atom. The van der Waals surface area contributed by atoms with Crippen molar-refractivity contribution in [1.82, 2.24) is 19.5 Å². The molecule has 5 aromatic rings. The second-order valence-electron chi connectivity index (χ2n) is 11.2. The molecule has 0 unspecified atom stereocenters. The van der Waals surface area contributed by atoms with Gasteiger partial charge >= 0.3 is 5.97 Å². The summed E-state index contributed by atoms with van der Waals surface area (Å²) in [7, 11) is 0. The number of esters is 1. The van der Waals surface area contributed by atoms with Crippen LogP contribution in [0.2, 0.25) is 0 Å². The lowest BCUT2D eigenvalue weighted by atomic mass is 10.0. The molecule has 0 fully saturated rings. The molecule has 0 aliphatic carbocycles. The zero-order chi connectivity index (χ0) is 30.3. The summed E-state index contributed by atoms with van der Waals surface area (Å²) in [5.41, 5.74) is 4.80. The third-order valence-electron chi connectivity index (χ3n) is 6.76. The van der Waals surface area contributed by atoms with Gasteiger partial charge in [-0.2, -0.15) is 5.26 Å². The number of nitriles is 1. The molecule has 0 aliphatic heterocycles. The van der Waals surface area contributed by atoms with Gasteiger partial charge in [0.2, 0.25) is 0 Å². The molecule has 0 radical (unpaired) electrons. The predicted molar refractivity (Wildman–Crippen MR) is 163 cm³/mol. The Hall–Kier alpha value is -4.62. The fourth-order valence-corrected chi connectivity index (χ4v) is 5.86. The molecule has 4 heterocycles. The van der Waals surface area contributed by atoms with Crippen LogP contribution in [0.1, 0.15) is 59.5 Å². The van der Waals surface area contributed by atoms with Gasteiger partial charge in [0.1, 0.15) is 29.9 Å². The number of pyridine rings is 2. The molecule has 0 aliphatic rings. The van der Waals surface area contributed by atoms with Crippen LogP contribution in [0.4, 0.5) is 0 Å². The molecule has 9 nitrogen and oxygen atoms in total. The van der Waals surface area contributed by atoms with E-state index in [0.29, 0.717) is 33.9 Å². The quantitative estimate of drug-likeness (QED) is 0.217. The highest BCUT2D eigenvalue weighted by Gasteiger charge is 2.24. The van der Waals surface area contributed by atoms with E-state index in [9.17, 15) is 14.9 Å². The smallest absolute Gasteiger partial charge is 0.341 e. The lowest BCUT2D eigenvalue weighted by molar-refractivity contribution is 0.00721. The SMILES string of the molecule is Cc1ccc(OCCn2c(C)nc3cnc(C)c(C#N)c3c2=O)c(-c2cc(C)nc3c(C(=O)OC(C)(C)C)csc23)c1. The molecule has 0 saturated heterocycles. The maximum Gasteiger partial charge on any atom is 0.341 e. The van der Waals surface area contributed by atoms with E-state index in [4.69, 9.17) is 9.47 Å². The molecular weight excluding hydrogens is 550 g/mol. The summed E-state index contributed by atoms with van der Waals surface area (Å²) in [6, 6.07) is 10.0. The van der Waals surface area contributed by atoms with Gasteiger partial charge in [-0.3, -0.25) is 19.3 Å². The Morgan fingerprint density at radius 1 is 1.10 bits per heavy atom. The summed E-state index contributed by atoms with van der Waals surface area (Å²) in [6.07, 6.45) is 1.52. The highest BCUT2D eigenvalue weighted by molar-refractivity contribution is 7.18. The predicted octanol–water partition coefficient (Wildman–Crippen LogP) is 6.21. The molecule has 5 rings (SSSR count). The van der Waals surface area contributed by atoms with Gasteiger partial charge in [0.15, 0.2) is 0 Å². The topological polar surface area (TPSA) is 120 Å². The van der Waals surface area contributed by atoms with Crippen LogP contribution in [0.3, 0.4) is 0 Å². The van der Waals surface area contributed by atoms with Crippen LogP contribution in [-0.2, 0) is 11.3 Å². The van der Waals surface area contributed by atoms with Crippen molar-refractivity contribution < 1.29 is 14.3 Å². The Kier molecular flexibility index (Phi) is 7.56. The van der Waals surface area contributed by atoms with Crippen LogP contribution in [0.5, 0.6) is 5.75 Å². The number of thiophene rings is 1. The number of rotatable bonds is 6. The largest absolute Gasteiger partial charge is 0.491 e. The molecule has 0 bridgehead atoms. The van der Waals surface area contributed by atoms with Crippen LogP contribution < -0.4 is 10.3 Å². The molecule has 0 N–H and O–H groups in total. The first-order valence-electron chi connectivity index (χ1n) is 13.5. The van der Waals surface area contributed by atoms with E-state index < -0.39 is 11.6 Å². The third kappa shape index (κ3) is 5.48. The molecule has 0 amide bonds. The molecule has 214 valence electrons. The Labute approximate surface area is 247 Å². The summed E-state index contributed by atoms with van der Waals surface area (Å²) in [5.74, 6) is 0.736. The number of fused-ring (bicyclic) bond motifs is 2. The summed E-state index contributed by atoms with van der Waals surface area (Å²) in [6.45, 7) is 13.3. The maximum atomic E-state index is 13.4. The minimum atomic E-state index is -0.623. The van der Waals surface area contributed by atoms with Crippen LogP contribution in [0.25, 0.3) is 32.2 Å². The van der Waals surface area contributed by atoms with Gasteiger partial charge in [-0.1, -0.05) is 11.6 Å². The van der Waals surface area contributed by atoms with Crippen molar-refractivity contribution >= 4 is 38.4 Å². The van der Waals surface area contributed by atoms with Crippen molar-refractivity contribution in [3.05, 3.63) is 80.1 Å². The fraction of sp³-hybridized carbons (Fsp3) is 0.312. The van der Waals surface area contributed by atoms with Crippen molar-refractivity contribution in [3.8, 4) is 22.9 Å². The Bertz CT molecular complexity index is 1980. The monoisotopic (exact) mass is 581 g/mol. The Morgan fingerprint density at radius 3 is 2.57 bits per heavy atom. The molecule has 0 spiro atoms. The van der Waals surface area contributed by atoms with Gasteiger partial charge < -0.3 is 9.47 Å². The zero-order valence-electron chi connectivity index (χ0n) is 24.7. The number of aromatic nitrogens is 4. The second kappa shape index (κ2) is 11.0. The van der Waals surface area contributed by atoms with E-state index >= 15 is 0 Å². The van der Waals surface area contributed by atoms with Gasteiger partial charge in [0, 0.05) is 22.2 Å². The first-order valence-corrected chi connectivity index (χ1v) is 14.4.